The van der Waals surface area contributed by atoms with E-state index in [1.54, 1.807) is 5.71 Å². The van der Waals surface area contributed by atoms with Crippen LogP contribution in [-0.4, -0.2) is 30.7 Å². The Morgan fingerprint density at radius 2 is 2.29 bits per heavy atom. The minimum absolute atomic E-state index is 0.459. The Morgan fingerprint density at radius 3 is 3.12 bits per heavy atom. The van der Waals surface area contributed by atoms with Gasteiger partial charge in [0.1, 0.15) is 0 Å². The zero-order valence-electron chi connectivity index (χ0n) is 10.7. The van der Waals surface area contributed by atoms with Crippen LogP contribution in [-0.2, 0) is 0 Å². The minimum atomic E-state index is 0.459. The Kier molecular flexibility index (Phi) is 3.17. The third-order valence-corrected chi connectivity index (χ3v) is 4.69. The summed E-state index contributed by atoms with van der Waals surface area (Å²) < 4.78 is 0. The maximum Gasteiger partial charge on any atom is 0.0830 e. The third-order valence-electron chi connectivity index (χ3n) is 4.69. The summed E-state index contributed by atoms with van der Waals surface area (Å²) in [5.41, 5.74) is 1.54. The molecule has 1 fully saturated rings. The number of hydrogen-bond donors (Lipinski definition) is 1. The lowest BCUT2D eigenvalue weighted by molar-refractivity contribution is 0.326. The van der Waals surface area contributed by atoms with Gasteiger partial charge in [0.2, 0.25) is 0 Å². The first-order chi connectivity index (χ1) is 8.33. The molecule has 4 unspecified atom stereocenters. The van der Waals surface area contributed by atoms with Gasteiger partial charge in [-0.2, -0.15) is 0 Å². The van der Waals surface area contributed by atoms with E-state index in [0.29, 0.717) is 12.1 Å². The van der Waals surface area contributed by atoms with Gasteiger partial charge in [-0.3, -0.25) is 9.98 Å². The molecule has 0 bridgehead atoms. The van der Waals surface area contributed by atoms with Crippen LogP contribution in [0.25, 0.3) is 0 Å². The molecule has 0 saturated heterocycles. The van der Waals surface area contributed by atoms with Crippen LogP contribution in [0.4, 0.5) is 0 Å². The Hall–Kier alpha value is -0.860. The molecule has 0 aromatic heterocycles. The van der Waals surface area contributed by atoms with Crippen LogP contribution in [0.15, 0.2) is 9.98 Å². The molecule has 3 rings (SSSR count). The summed E-state index contributed by atoms with van der Waals surface area (Å²) in [6, 6.07) is 1.03. The minimum Gasteiger partial charge on any atom is -0.372 e. The topological polar surface area (TPSA) is 36.8 Å². The fraction of sp³-hybridized carbons (Fsp3) is 0.857. The van der Waals surface area contributed by atoms with Crippen LogP contribution in [0, 0.1) is 11.8 Å². The van der Waals surface area contributed by atoms with Crippen molar-refractivity contribution in [1.29, 1.82) is 0 Å². The molecule has 94 valence electrons. The molecule has 0 radical (unpaired) electrons. The van der Waals surface area contributed by atoms with Gasteiger partial charge in [0.15, 0.2) is 0 Å². The van der Waals surface area contributed by atoms with Crippen LogP contribution in [0.5, 0.6) is 0 Å². The second kappa shape index (κ2) is 4.79. The van der Waals surface area contributed by atoms with Gasteiger partial charge in [0.25, 0.3) is 0 Å². The van der Waals surface area contributed by atoms with E-state index in [2.05, 4.69) is 17.2 Å². The summed E-state index contributed by atoms with van der Waals surface area (Å²) in [6.07, 6.45) is 9.91. The van der Waals surface area contributed by atoms with Crippen LogP contribution < -0.4 is 5.32 Å². The molecule has 2 aliphatic heterocycles. The molecule has 1 saturated carbocycles. The van der Waals surface area contributed by atoms with Crippen molar-refractivity contribution in [3.05, 3.63) is 0 Å². The first kappa shape index (κ1) is 11.2. The molecule has 17 heavy (non-hydrogen) atoms. The molecule has 0 aromatic rings. The smallest absolute Gasteiger partial charge is 0.0830 e. The summed E-state index contributed by atoms with van der Waals surface area (Å²) in [4.78, 5) is 9.16. The summed E-state index contributed by atoms with van der Waals surface area (Å²) in [7, 11) is 0. The Bertz CT molecular complexity index is 334. The zero-order chi connectivity index (χ0) is 11.7. The van der Waals surface area contributed by atoms with Crippen LogP contribution in [0.2, 0.25) is 0 Å². The van der Waals surface area contributed by atoms with E-state index in [0.717, 1.165) is 18.4 Å². The van der Waals surface area contributed by atoms with Crippen molar-refractivity contribution in [2.24, 2.45) is 21.8 Å². The molecule has 1 aliphatic carbocycles. The number of hydrogen-bond acceptors (Lipinski definition) is 3. The lowest BCUT2D eigenvalue weighted by Gasteiger charge is -2.34. The maximum absolute atomic E-state index is 4.76. The zero-order valence-corrected chi connectivity index (χ0v) is 10.7. The highest BCUT2D eigenvalue weighted by Gasteiger charge is 2.31. The molecule has 2 heterocycles. The Balaban J connectivity index is 1.57. The first-order valence-electron chi connectivity index (χ1n) is 7.14. The van der Waals surface area contributed by atoms with Crippen molar-refractivity contribution in [1.82, 2.24) is 5.32 Å². The van der Waals surface area contributed by atoms with Gasteiger partial charge < -0.3 is 5.32 Å². The summed E-state index contributed by atoms with van der Waals surface area (Å²) in [5, 5.41) is 3.39. The monoisotopic (exact) mass is 233 g/mol. The first-order valence-corrected chi connectivity index (χ1v) is 7.14. The number of rotatable bonds is 2. The fourth-order valence-corrected chi connectivity index (χ4v) is 3.56. The lowest BCUT2D eigenvalue weighted by Crippen LogP contribution is -2.35. The van der Waals surface area contributed by atoms with E-state index < -0.39 is 0 Å². The van der Waals surface area contributed by atoms with E-state index in [-0.39, 0.29) is 0 Å². The molecule has 3 nitrogen and oxygen atoms in total. The SMILES string of the molecule is CC1N=CNC1CC1CCC2CCCN=C2C1. The van der Waals surface area contributed by atoms with Crippen molar-refractivity contribution in [2.75, 3.05) is 6.54 Å². The van der Waals surface area contributed by atoms with Crippen LogP contribution >= 0.6 is 0 Å². The third kappa shape index (κ3) is 2.38. The van der Waals surface area contributed by atoms with Crippen molar-refractivity contribution in [3.63, 3.8) is 0 Å². The normalized spacial score (nSPS) is 40.6. The van der Waals surface area contributed by atoms with E-state index in [4.69, 9.17) is 4.99 Å². The number of nitrogens with one attached hydrogen (secondary N) is 1. The van der Waals surface area contributed by atoms with Gasteiger partial charge in [-0.15, -0.1) is 0 Å². The molecule has 3 aliphatic rings. The summed E-state index contributed by atoms with van der Waals surface area (Å²) in [6.45, 7) is 3.30. The molecule has 1 N–H and O–H groups in total. The number of nitrogens with zero attached hydrogens (tertiary/aromatic N) is 2. The highest BCUT2D eigenvalue weighted by Crippen LogP contribution is 2.34. The van der Waals surface area contributed by atoms with Crippen LogP contribution in [0.3, 0.4) is 0 Å². The molecule has 0 spiro atoms. The van der Waals surface area contributed by atoms with Crippen molar-refractivity contribution in [3.8, 4) is 0 Å². The van der Waals surface area contributed by atoms with Gasteiger partial charge in [0.05, 0.1) is 12.4 Å². The highest BCUT2D eigenvalue weighted by atomic mass is 15.1. The summed E-state index contributed by atoms with van der Waals surface area (Å²) in [5.74, 6) is 1.68. The van der Waals surface area contributed by atoms with Crippen LogP contribution in [0.1, 0.15) is 45.4 Å². The largest absolute Gasteiger partial charge is 0.372 e. The molecular formula is C14H23N3. The maximum atomic E-state index is 4.76. The molecule has 3 heteroatoms. The second-order valence-electron chi connectivity index (χ2n) is 5.89. The van der Waals surface area contributed by atoms with Crippen molar-refractivity contribution < 1.29 is 0 Å². The van der Waals surface area contributed by atoms with Crippen molar-refractivity contribution >= 4 is 12.1 Å². The van der Waals surface area contributed by atoms with Crippen molar-refractivity contribution in [2.45, 2.75) is 57.5 Å². The Labute approximate surface area is 104 Å². The van der Waals surface area contributed by atoms with E-state index in [1.807, 2.05) is 6.34 Å². The summed E-state index contributed by atoms with van der Waals surface area (Å²) >= 11 is 0. The Morgan fingerprint density at radius 1 is 1.35 bits per heavy atom. The van der Waals surface area contributed by atoms with E-state index >= 15 is 0 Å². The molecular weight excluding hydrogens is 210 g/mol. The molecule has 0 amide bonds. The van der Waals surface area contributed by atoms with Gasteiger partial charge in [-0.05, 0) is 57.3 Å². The molecule has 4 atom stereocenters. The predicted octanol–water partition coefficient (Wildman–Crippen LogP) is 2.42. The van der Waals surface area contributed by atoms with Gasteiger partial charge in [-0.25, -0.2) is 0 Å². The van der Waals surface area contributed by atoms with Gasteiger partial charge in [-0.1, -0.05) is 0 Å². The van der Waals surface area contributed by atoms with E-state index in [9.17, 15) is 0 Å². The van der Waals surface area contributed by atoms with E-state index in [1.165, 1.54) is 38.5 Å². The van der Waals surface area contributed by atoms with Gasteiger partial charge >= 0.3 is 0 Å². The second-order valence-corrected chi connectivity index (χ2v) is 5.89. The lowest BCUT2D eigenvalue weighted by atomic mass is 9.75. The highest BCUT2D eigenvalue weighted by molar-refractivity contribution is 5.88. The number of aliphatic imine (C=N–C) groups is 2. The molecule has 0 aromatic carbocycles. The number of fused-ring (bicyclic) bond motifs is 1. The standard InChI is InChI=1S/C14H23N3/c1-10-13(17-9-16-10)7-11-4-5-12-3-2-6-15-14(12)8-11/h9-13H,2-8H2,1H3,(H,16,17). The predicted molar refractivity (Wildman–Crippen MR) is 71.9 cm³/mol. The average Bonchev–Trinajstić information content (AvgIpc) is 2.75. The quantitative estimate of drug-likeness (QED) is 0.781. The fourth-order valence-electron chi connectivity index (χ4n) is 3.56. The van der Waals surface area contributed by atoms with Gasteiger partial charge in [0, 0.05) is 18.3 Å². The average molecular weight is 233 g/mol.